The fourth-order valence-corrected chi connectivity index (χ4v) is 4.06. The molecule has 4 rings (SSSR count). The van der Waals surface area contributed by atoms with Crippen LogP contribution in [0.1, 0.15) is 17.5 Å². The molecular formula is C29H25ClFN7O6. The second-order valence-corrected chi connectivity index (χ2v) is 9.57. The minimum atomic E-state index is -1.15. The number of nitrogens with zero attached hydrogens (tertiary/aromatic N) is 4. The Balaban J connectivity index is 1.46. The van der Waals surface area contributed by atoms with Crippen LogP contribution >= 0.6 is 11.6 Å². The van der Waals surface area contributed by atoms with Crippen LogP contribution in [0, 0.1) is 5.82 Å². The lowest BCUT2D eigenvalue weighted by atomic mass is 10.0. The Bertz CT molecular complexity index is 1670. The molecule has 0 saturated carbocycles. The number of amides is 3. The van der Waals surface area contributed by atoms with E-state index in [1.54, 1.807) is 42.5 Å². The maximum Gasteiger partial charge on any atom is 0.411 e. The van der Waals surface area contributed by atoms with Crippen LogP contribution < -0.4 is 16.0 Å². The number of rotatable bonds is 12. The van der Waals surface area contributed by atoms with Crippen molar-refractivity contribution in [3.05, 3.63) is 101 Å². The molecular weight excluding hydrogens is 597 g/mol. The third kappa shape index (κ3) is 9.19. The molecule has 44 heavy (non-hydrogen) atoms. The molecule has 3 amide bonds. The smallest absolute Gasteiger partial charge is 0.411 e. The summed E-state index contributed by atoms with van der Waals surface area (Å²) < 4.78 is 20.8. The van der Waals surface area contributed by atoms with Crippen LogP contribution in [0.3, 0.4) is 0 Å². The van der Waals surface area contributed by atoms with Gasteiger partial charge in [0.1, 0.15) is 24.8 Å². The molecule has 1 heterocycles. The number of aromatic nitrogens is 4. The molecule has 226 valence electrons. The predicted octanol–water partition coefficient (Wildman–Crippen LogP) is 3.86. The molecule has 4 N–H and O–H groups in total. The van der Waals surface area contributed by atoms with Gasteiger partial charge in [-0.25, -0.2) is 9.18 Å². The van der Waals surface area contributed by atoms with E-state index in [4.69, 9.17) is 16.7 Å². The third-order valence-corrected chi connectivity index (χ3v) is 6.17. The highest BCUT2D eigenvalue weighted by molar-refractivity contribution is 6.30. The fourth-order valence-electron chi connectivity index (χ4n) is 3.88. The first-order valence-corrected chi connectivity index (χ1v) is 13.4. The summed E-state index contributed by atoms with van der Waals surface area (Å²) in [5, 5.41) is 27.5. The Morgan fingerprint density at radius 3 is 2.55 bits per heavy atom. The summed E-state index contributed by atoms with van der Waals surface area (Å²) in [4.78, 5) is 48.6. The molecule has 0 aliphatic carbocycles. The summed E-state index contributed by atoms with van der Waals surface area (Å²) in [6.07, 6.45) is 2.82. The zero-order chi connectivity index (χ0) is 31.5. The average Bonchev–Trinajstić information content (AvgIpc) is 3.52. The minimum absolute atomic E-state index is 0.0603. The number of anilines is 2. The predicted molar refractivity (Wildman–Crippen MR) is 158 cm³/mol. The maximum absolute atomic E-state index is 14.7. The van der Waals surface area contributed by atoms with E-state index in [9.17, 15) is 23.6 Å². The van der Waals surface area contributed by atoms with E-state index in [2.05, 4.69) is 36.2 Å². The number of ether oxygens (including phenoxy) is 1. The summed E-state index contributed by atoms with van der Waals surface area (Å²) in [5.41, 5.74) is 1.68. The first kappa shape index (κ1) is 31.3. The average molecular weight is 622 g/mol. The number of benzene rings is 3. The topological polar surface area (TPSA) is 177 Å². The monoisotopic (exact) mass is 621 g/mol. The molecule has 0 radical (unpaired) electrons. The molecule has 0 fully saturated rings. The van der Waals surface area contributed by atoms with Gasteiger partial charge in [-0.15, -0.1) is 5.10 Å². The van der Waals surface area contributed by atoms with Crippen LogP contribution in [-0.4, -0.2) is 61.8 Å². The van der Waals surface area contributed by atoms with Crippen LogP contribution in [0.15, 0.2) is 79.1 Å². The van der Waals surface area contributed by atoms with E-state index in [1.165, 1.54) is 35.3 Å². The largest absolute Gasteiger partial charge is 0.481 e. The number of carbonyl (C=O) groups excluding carboxylic acids is 3. The molecule has 1 aromatic heterocycles. The zero-order valence-electron chi connectivity index (χ0n) is 22.8. The van der Waals surface area contributed by atoms with Gasteiger partial charge in [-0.3, -0.25) is 19.7 Å². The molecule has 13 nitrogen and oxygen atoms in total. The number of carboxylic acid groups (broad SMARTS) is 1. The summed E-state index contributed by atoms with van der Waals surface area (Å²) in [5.74, 6) is -3.25. The van der Waals surface area contributed by atoms with Gasteiger partial charge in [0, 0.05) is 28.8 Å². The van der Waals surface area contributed by atoms with Gasteiger partial charge in [0.2, 0.25) is 11.8 Å². The van der Waals surface area contributed by atoms with Crippen molar-refractivity contribution in [3.8, 4) is 5.69 Å². The van der Waals surface area contributed by atoms with E-state index in [0.29, 0.717) is 16.3 Å². The van der Waals surface area contributed by atoms with Gasteiger partial charge in [-0.2, -0.15) is 4.68 Å². The molecule has 3 aromatic carbocycles. The molecule has 0 spiro atoms. The number of nitrogens with one attached hydrogen (secondary N) is 3. The van der Waals surface area contributed by atoms with Gasteiger partial charge in [-0.1, -0.05) is 41.9 Å². The number of tetrazole rings is 1. The lowest BCUT2D eigenvalue weighted by Crippen LogP contribution is -2.44. The van der Waals surface area contributed by atoms with E-state index < -0.39 is 42.2 Å². The Labute approximate surface area is 254 Å². The summed E-state index contributed by atoms with van der Waals surface area (Å²) >= 11 is 6.14. The molecule has 0 aliphatic heterocycles. The van der Waals surface area contributed by atoms with E-state index in [0.717, 1.165) is 11.6 Å². The second-order valence-electron chi connectivity index (χ2n) is 9.13. The number of aliphatic carboxylic acids is 1. The van der Waals surface area contributed by atoms with Gasteiger partial charge in [0.25, 0.3) is 0 Å². The van der Waals surface area contributed by atoms with Crippen molar-refractivity contribution in [1.29, 1.82) is 0 Å². The van der Waals surface area contributed by atoms with Gasteiger partial charge in [0.05, 0.1) is 17.8 Å². The van der Waals surface area contributed by atoms with Crippen LogP contribution in [0.4, 0.5) is 20.6 Å². The van der Waals surface area contributed by atoms with Crippen molar-refractivity contribution in [2.45, 2.75) is 18.9 Å². The number of hydrogen-bond donors (Lipinski definition) is 4. The highest BCUT2D eigenvalue weighted by Crippen LogP contribution is 2.21. The number of carboxylic acids is 1. The van der Waals surface area contributed by atoms with Crippen molar-refractivity contribution in [1.82, 2.24) is 25.5 Å². The van der Waals surface area contributed by atoms with E-state index >= 15 is 0 Å². The van der Waals surface area contributed by atoms with Gasteiger partial charge in [0.15, 0.2) is 0 Å². The normalized spacial score (nSPS) is 11.5. The Hall–Kier alpha value is -5.63. The van der Waals surface area contributed by atoms with Crippen LogP contribution in [-0.2, 0) is 25.5 Å². The van der Waals surface area contributed by atoms with Crippen molar-refractivity contribution in [2.24, 2.45) is 0 Å². The van der Waals surface area contributed by atoms with Crippen LogP contribution in [0.5, 0.6) is 0 Å². The van der Waals surface area contributed by atoms with Crippen LogP contribution in [0.25, 0.3) is 11.8 Å². The number of halogens is 2. The standard InChI is InChI=1S/C29H25ClFN7O6/c30-20-7-10-25(38-17-32-36-37-38)19(15-20)6-11-26(39)34-24(14-18-4-2-1-3-5-18)28(42)33-21-8-9-23(22(31)16-21)35-29(43)44-13-12-27(40)41/h1-11,15-17,24H,12-14H2,(H,33,42)(H,34,39)(H,35,43)(H,40,41)/b11-6+/t24-/m0/s1. The number of carbonyl (C=O) groups is 4. The van der Waals surface area contributed by atoms with E-state index in [-0.39, 0.29) is 24.4 Å². The number of hydrogen-bond acceptors (Lipinski definition) is 8. The van der Waals surface area contributed by atoms with Gasteiger partial charge >= 0.3 is 12.1 Å². The molecule has 0 saturated heterocycles. The molecule has 0 bridgehead atoms. The lowest BCUT2D eigenvalue weighted by molar-refractivity contribution is -0.137. The molecule has 4 aromatic rings. The van der Waals surface area contributed by atoms with Crippen molar-refractivity contribution in [3.63, 3.8) is 0 Å². The molecule has 0 unspecified atom stereocenters. The Morgan fingerprint density at radius 2 is 1.84 bits per heavy atom. The van der Waals surface area contributed by atoms with E-state index in [1.807, 2.05) is 6.07 Å². The van der Waals surface area contributed by atoms with Crippen molar-refractivity contribution < 1.29 is 33.4 Å². The van der Waals surface area contributed by atoms with Gasteiger partial charge in [-0.05, 0) is 58.5 Å². The first-order chi connectivity index (χ1) is 21.2. The fraction of sp³-hybridized carbons (Fsp3) is 0.138. The highest BCUT2D eigenvalue weighted by atomic mass is 35.5. The third-order valence-electron chi connectivity index (χ3n) is 5.94. The Morgan fingerprint density at radius 1 is 1.05 bits per heavy atom. The summed E-state index contributed by atoms with van der Waals surface area (Å²) in [6, 6.07) is 16.4. The van der Waals surface area contributed by atoms with Gasteiger partial charge < -0.3 is 20.5 Å². The summed E-state index contributed by atoms with van der Waals surface area (Å²) in [6.45, 7) is -0.389. The second kappa shape index (κ2) is 15.0. The maximum atomic E-state index is 14.7. The van der Waals surface area contributed by atoms with Crippen molar-refractivity contribution in [2.75, 3.05) is 17.2 Å². The van der Waals surface area contributed by atoms with Crippen molar-refractivity contribution >= 4 is 52.9 Å². The quantitative estimate of drug-likeness (QED) is 0.171. The molecule has 1 atom stereocenters. The summed E-state index contributed by atoms with van der Waals surface area (Å²) in [7, 11) is 0. The zero-order valence-corrected chi connectivity index (χ0v) is 23.6. The highest BCUT2D eigenvalue weighted by Gasteiger charge is 2.21. The first-order valence-electron chi connectivity index (χ1n) is 13.0. The minimum Gasteiger partial charge on any atom is -0.481 e. The SMILES string of the molecule is O=C(O)CCOC(=O)Nc1ccc(NC(=O)[C@H](Cc2ccccc2)NC(=O)/C=C/c2cc(Cl)ccc2-n2cnnn2)cc1F. The van der Waals surface area contributed by atoms with Crippen LogP contribution in [0.2, 0.25) is 5.02 Å². The molecule has 0 aliphatic rings. The Kier molecular flexibility index (Phi) is 10.7. The lowest BCUT2D eigenvalue weighted by Gasteiger charge is -2.18. The molecule has 15 heteroatoms.